The van der Waals surface area contributed by atoms with Crippen LogP contribution in [-0.4, -0.2) is 22.8 Å². The molecule has 0 atom stereocenters. The van der Waals surface area contributed by atoms with Crippen LogP contribution in [-0.2, 0) is 0 Å². The van der Waals surface area contributed by atoms with Gasteiger partial charge in [0.15, 0.2) is 5.69 Å². The molecule has 2 aromatic carbocycles. The smallest absolute Gasteiger partial charge is 0.280 e. The molecule has 0 aliphatic rings. The van der Waals surface area contributed by atoms with Crippen LogP contribution in [0.4, 0.5) is 5.69 Å². The second-order valence-corrected chi connectivity index (χ2v) is 5.54. The summed E-state index contributed by atoms with van der Waals surface area (Å²) >= 11 is 5.95. The monoisotopic (exact) mass is 355 g/mol. The Bertz CT molecular complexity index is 971. The van der Waals surface area contributed by atoms with Crippen LogP contribution < -0.4 is 15.5 Å². The van der Waals surface area contributed by atoms with Gasteiger partial charge in [0.2, 0.25) is 5.43 Å². The van der Waals surface area contributed by atoms with Crippen molar-refractivity contribution in [1.29, 1.82) is 0 Å². The number of methoxy groups -OCH3 is 1. The van der Waals surface area contributed by atoms with Gasteiger partial charge < -0.3 is 10.1 Å². The van der Waals surface area contributed by atoms with Crippen molar-refractivity contribution in [1.82, 2.24) is 9.78 Å². The van der Waals surface area contributed by atoms with Crippen LogP contribution in [0.3, 0.4) is 0 Å². The van der Waals surface area contributed by atoms with Gasteiger partial charge in [-0.25, -0.2) is 4.68 Å². The topological polar surface area (TPSA) is 73.2 Å². The van der Waals surface area contributed by atoms with Crippen LogP contribution in [0.1, 0.15) is 10.5 Å². The highest BCUT2D eigenvalue weighted by Crippen LogP contribution is 2.27. The Morgan fingerprint density at radius 2 is 1.92 bits per heavy atom. The highest BCUT2D eigenvalue weighted by Gasteiger charge is 2.16. The largest absolute Gasteiger partial charge is 0.495 e. The lowest BCUT2D eigenvalue weighted by molar-refractivity contribution is 0.101. The summed E-state index contributed by atoms with van der Waals surface area (Å²) in [6.45, 7) is 0. The minimum Gasteiger partial charge on any atom is -0.495 e. The normalized spacial score (nSPS) is 10.3. The third kappa shape index (κ3) is 3.70. The summed E-state index contributed by atoms with van der Waals surface area (Å²) in [7, 11) is 1.47. The molecule has 1 N–H and O–H groups in total. The predicted molar refractivity (Wildman–Crippen MR) is 95.8 cm³/mol. The number of hydrogen-bond acceptors (Lipinski definition) is 4. The van der Waals surface area contributed by atoms with Gasteiger partial charge in [-0.1, -0.05) is 29.8 Å². The predicted octanol–water partition coefficient (Wildman–Crippen LogP) is 3.15. The summed E-state index contributed by atoms with van der Waals surface area (Å²) in [6.07, 6.45) is 1.51. The van der Waals surface area contributed by atoms with Gasteiger partial charge in [-0.05, 0) is 30.3 Å². The average molecular weight is 356 g/mol. The number of halogens is 1. The Balaban J connectivity index is 1.95. The molecular weight excluding hydrogens is 342 g/mol. The maximum atomic E-state index is 12.5. The molecule has 0 aliphatic carbocycles. The number of carbonyl (C=O) groups excluding carboxylic acids is 1. The van der Waals surface area contributed by atoms with E-state index in [1.807, 2.05) is 30.3 Å². The first-order valence-corrected chi connectivity index (χ1v) is 7.76. The number of nitrogens with one attached hydrogen (secondary N) is 1. The molecule has 0 unspecified atom stereocenters. The molecule has 3 rings (SSSR count). The first-order valence-electron chi connectivity index (χ1n) is 7.39. The van der Waals surface area contributed by atoms with Gasteiger partial charge in [-0.2, -0.15) is 5.10 Å². The molecule has 7 heteroatoms. The lowest BCUT2D eigenvalue weighted by atomic mass is 10.2. The lowest BCUT2D eigenvalue weighted by Gasteiger charge is -2.11. The molecule has 0 saturated heterocycles. The van der Waals surface area contributed by atoms with Crippen molar-refractivity contribution >= 4 is 23.2 Å². The van der Waals surface area contributed by atoms with Crippen LogP contribution in [0.2, 0.25) is 5.02 Å². The Labute approximate surface area is 148 Å². The van der Waals surface area contributed by atoms with E-state index in [0.29, 0.717) is 16.5 Å². The van der Waals surface area contributed by atoms with Crippen molar-refractivity contribution in [2.75, 3.05) is 12.4 Å². The van der Waals surface area contributed by atoms with Crippen LogP contribution in [0.25, 0.3) is 5.69 Å². The van der Waals surface area contributed by atoms with Crippen molar-refractivity contribution in [2.45, 2.75) is 0 Å². The first kappa shape index (κ1) is 16.7. The van der Waals surface area contributed by atoms with Crippen LogP contribution in [0.15, 0.2) is 65.6 Å². The van der Waals surface area contributed by atoms with E-state index >= 15 is 0 Å². The van der Waals surface area contributed by atoms with E-state index < -0.39 is 11.3 Å². The number of carbonyl (C=O) groups is 1. The molecule has 0 saturated carbocycles. The molecular formula is C18H14ClN3O3. The molecule has 1 amide bonds. The zero-order valence-electron chi connectivity index (χ0n) is 13.3. The Morgan fingerprint density at radius 1 is 1.16 bits per heavy atom. The third-order valence-corrected chi connectivity index (χ3v) is 3.69. The summed E-state index contributed by atoms with van der Waals surface area (Å²) in [4.78, 5) is 24.6. The number of benzene rings is 2. The second kappa shape index (κ2) is 7.19. The number of rotatable bonds is 4. The summed E-state index contributed by atoms with van der Waals surface area (Å²) in [6, 6.07) is 15.3. The zero-order valence-corrected chi connectivity index (χ0v) is 14.0. The number of hydrogen-bond donors (Lipinski definition) is 1. The molecule has 126 valence electrons. The zero-order chi connectivity index (χ0) is 17.8. The van der Waals surface area contributed by atoms with Gasteiger partial charge in [0, 0.05) is 17.3 Å². The van der Waals surface area contributed by atoms with E-state index in [9.17, 15) is 9.59 Å². The Kier molecular flexibility index (Phi) is 4.81. The third-order valence-electron chi connectivity index (χ3n) is 3.45. The van der Waals surface area contributed by atoms with Gasteiger partial charge in [0.25, 0.3) is 5.91 Å². The number of nitrogens with zero attached hydrogens (tertiary/aromatic N) is 2. The Hall–Kier alpha value is -3.12. The molecule has 1 aromatic heterocycles. The molecule has 1 heterocycles. The fraction of sp³-hybridized carbons (Fsp3) is 0.0556. The fourth-order valence-electron chi connectivity index (χ4n) is 2.25. The second-order valence-electron chi connectivity index (χ2n) is 5.11. The molecule has 0 bridgehead atoms. The van der Waals surface area contributed by atoms with Crippen molar-refractivity contribution in [3.63, 3.8) is 0 Å². The van der Waals surface area contributed by atoms with E-state index in [0.717, 1.165) is 5.69 Å². The van der Waals surface area contributed by atoms with Gasteiger partial charge in [0.05, 0.1) is 18.5 Å². The van der Waals surface area contributed by atoms with Gasteiger partial charge >= 0.3 is 0 Å². The summed E-state index contributed by atoms with van der Waals surface area (Å²) < 4.78 is 6.65. The van der Waals surface area contributed by atoms with Crippen LogP contribution in [0, 0.1) is 0 Å². The Morgan fingerprint density at radius 3 is 2.64 bits per heavy atom. The molecule has 0 aliphatic heterocycles. The first-order chi connectivity index (χ1) is 12.1. The highest BCUT2D eigenvalue weighted by molar-refractivity contribution is 6.31. The number of aromatic nitrogens is 2. The minimum atomic E-state index is -0.643. The quantitative estimate of drug-likeness (QED) is 0.780. The number of para-hydroxylation sites is 1. The van der Waals surface area contributed by atoms with E-state index in [1.165, 1.54) is 30.1 Å². The molecule has 0 fully saturated rings. The summed E-state index contributed by atoms with van der Waals surface area (Å²) in [5, 5.41) is 7.18. The van der Waals surface area contributed by atoms with Gasteiger partial charge in [0.1, 0.15) is 5.75 Å². The summed E-state index contributed by atoms with van der Waals surface area (Å²) in [5.41, 5.74) is 0.382. The average Bonchev–Trinajstić information content (AvgIpc) is 2.63. The maximum Gasteiger partial charge on any atom is 0.280 e. The highest BCUT2D eigenvalue weighted by atomic mass is 35.5. The molecule has 0 radical (unpaired) electrons. The van der Waals surface area contributed by atoms with E-state index in [4.69, 9.17) is 16.3 Å². The SMILES string of the molecule is COc1ccc(Cl)cc1NC(=O)c1nn(-c2ccccc2)ccc1=O. The van der Waals surface area contributed by atoms with E-state index in [1.54, 1.807) is 12.1 Å². The van der Waals surface area contributed by atoms with E-state index in [-0.39, 0.29) is 5.69 Å². The summed E-state index contributed by atoms with van der Waals surface area (Å²) in [5.74, 6) is -0.215. The molecule has 0 spiro atoms. The number of amides is 1. The van der Waals surface area contributed by atoms with Crippen LogP contribution >= 0.6 is 11.6 Å². The van der Waals surface area contributed by atoms with Crippen LogP contribution in [0.5, 0.6) is 5.75 Å². The lowest BCUT2D eigenvalue weighted by Crippen LogP contribution is -2.25. The number of ether oxygens (including phenoxy) is 1. The fourth-order valence-corrected chi connectivity index (χ4v) is 2.42. The van der Waals surface area contributed by atoms with Crippen molar-refractivity contribution in [3.05, 3.63) is 81.7 Å². The van der Waals surface area contributed by atoms with Crippen molar-refractivity contribution in [3.8, 4) is 11.4 Å². The molecule has 3 aromatic rings. The van der Waals surface area contributed by atoms with Gasteiger partial charge in [-0.3, -0.25) is 9.59 Å². The number of anilines is 1. The molecule has 6 nitrogen and oxygen atoms in total. The van der Waals surface area contributed by atoms with E-state index in [2.05, 4.69) is 10.4 Å². The minimum absolute atomic E-state index is 0.228. The molecule has 25 heavy (non-hydrogen) atoms. The standard InChI is InChI=1S/C18H14ClN3O3/c1-25-16-8-7-12(19)11-14(16)20-18(24)17-15(23)9-10-22(21-17)13-5-3-2-4-6-13/h2-11H,1H3,(H,20,24). The van der Waals surface area contributed by atoms with Crippen molar-refractivity contribution in [2.24, 2.45) is 0 Å². The van der Waals surface area contributed by atoms with Crippen molar-refractivity contribution < 1.29 is 9.53 Å². The van der Waals surface area contributed by atoms with Gasteiger partial charge in [-0.15, -0.1) is 0 Å². The maximum absolute atomic E-state index is 12.5.